The summed E-state index contributed by atoms with van der Waals surface area (Å²) in [6.07, 6.45) is 0. The lowest BCUT2D eigenvalue weighted by atomic mass is 10.1. The van der Waals surface area contributed by atoms with Crippen LogP contribution in [-0.4, -0.2) is 16.2 Å². The van der Waals surface area contributed by atoms with E-state index in [2.05, 4.69) is 60.2 Å². The van der Waals surface area contributed by atoms with Crippen molar-refractivity contribution in [3.8, 4) is 16.5 Å². The summed E-state index contributed by atoms with van der Waals surface area (Å²) in [5.41, 5.74) is 4.63. The molecular weight excluding hydrogens is 328 g/mol. The number of benzene rings is 2. The third-order valence-electron chi connectivity index (χ3n) is 4.52. The van der Waals surface area contributed by atoms with Gasteiger partial charge in [-0.05, 0) is 54.6 Å². The number of para-hydroxylation sites is 2. The van der Waals surface area contributed by atoms with Crippen LogP contribution in [0.1, 0.15) is 11.1 Å². The Morgan fingerprint density at radius 1 is 1.00 bits per heavy atom. The molecule has 2 aromatic carbocycles. The second kappa shape index (κ2) is 6.73. The predicted octanol–water partition coefficient (Wildman–Crippen LogP) is 5.46. The Morgan fingerprint density at radius 3 is 2.72 bits per heavy atom. The second-order valence-corrected chi connectivity index (χ2v) is 7.05. The molecule has 0 atom stereocenters. The Labute approximate surface area is 151 Å². The van der Waals surface area contributed by atoms with Crippen LogP contribution < -0.4 is 4.74 Å². The van der Waals surface area contributed by atoms with Crippen molar-refractivity contribution < 1.29 is 4.74 Å². The number of ether oxygens (including phenoxy) is 1. The van der Waals surface area contributed by atoms with Gasteiger partial charge in [-0.2, -0.15) is 0 Å². The fourth-order valence-electron chi connectivity index (χ4n) is 3.02. The number of hydrogen-bond acceptors (Lipinski definition) is 3. The molecule has 0 aliphatic carbocycles. The Bertz CT molecular complexity index is 1000. The molecule has 4 heteroatoms. The zero-order chi connectivity index (χ0) is 17.2. The first kappa shape index (κ1) is 15.9. The Morgan fingerprint density at radius 2 is 1.88 bits per heavy atom. The number of rotatable bonds is 5. The summed E-state index contributed by atoms with van der Waals surface area (Å²) in [5.74, 6) is 1.97. The molecular formula is C21H20N2OS. The summed E-state index contributed by atoms with van der Waals surface area (Å²) >= 11 is 1.72. The van der Waals surface area contributed by atoms with Gasteiger partial charge in [-0.25, -0.2) is 4.98 Å². The van der Waals surface area contributed by atoms with Crippen molar-refractivity contribution >= 4 is 22.4 Å². The topological polar surface area (TPSA) is 27.1 Å². The van der Waals surface area contributed by atoms with Gasteiger partial charge in [0.05, 0.1) is 22.5 Å². The summed E-state index contributed by atoms with van der Waals surface area (Å²) in [7, 11) is 0. The molecule has 0 saturated carbocycles. The lowest BCUT2D eigenvalue weighted by Gasteiger charge is -2.13. The van der Waals surface area contributed by atoms with Crippen molar-refractivity contribution in [2.75, 3.05) is 6.61 Å². The number of imidazole rings is 1. The SMILES string of the molecule is Cc1cccc(OCCn2c(-c3cccs3)nc3ccccc32)c1C. The third-order valence-corrected chi connectivity index (χ3v) is 5.39. The van der Waals surface area contributed by atoms with E-state index in [0.717, 1.165) is 29.2 Å². The maximum absolute atomic E-state index is 6.07. The highest BCUT2D eigenvalue weighted by Crippen LogP contribution is 2.28. The number of nitrogens with zero attached hydrogens (tertiary/aromatic N) is 2. The van der Waals surface area contributed by atoms with E-state index in [0.29, 0.717) is 6.61 Å². The molecule has 0 amide bonds. The molecule has 4 rings (SSSR count). The second-order valence-electron chi connectivity index (χ2n) is 6.10. The van der Waals surface area contributed by atoms with E-state index in [1.807, 2.05) is 18.2 Å². The minimum Gasteiger partial charge on any atom is -0.491 e. The van der Waals surface area contributed by atoms with E-state index in [1.54, 1.807) is 11.3 Å². The number of hydrogen-bond donors (Lipinski definition) is 0. The smallest absolute Gasteiger partial charge is 0.151 e. The number of fused-ring (bicyclic) bond motifs is 1. The van der Waals surface area contributed by atoms with E-state index < -0.39 is 0 Å². The molecule has 0 saturated heterocycles. The van der Waals surface area contributed by atoms with E-state index in [9.17, 15) is 0 Å². The van der Waals surface area contributed by atoms with Gasteiger partial charge in [0.2, 0.25) is 0 Å². The first-order valence-electron chi connectivity index (χ1n) is 8.42. The summed E-state index contributed by atoms with van der Waals surface area (Å²) in [4.78, 5) is 6.01. The van der Waals surface area contributed by atoms with Crippen molar-refractivity contribution in [3.63, 3.8) is 0 Å². The van der Waals surface area contributed by atoms with Crippen LogP contribution in [0.5, 0.6) is 5.75 Å². The van der Waals surface area contributed by atoms with Crippen molar-refractivity contribution in [3.05, 3.63) is 71.1 Å². The molecule has 0 aliphatic heterocycles. The quantitative estimate of drug-likeness (QED) is 0.479. The molecule has 0 unspecified atom stereocenters. The monoisotopic (exact) mass is 348 g/mol. The van der Waals surface area contributed by atoms with Gasteiger partial charge in [-0.15, -0.1) is 11.3 Å². The maximum Gasteiger partial charge on any atom is 0.151 e. The zero-order valence-corrected chi connectivity index (χ0v) is 15.2. The standard InChI is InChI=1S/C21H20N2OS/c1-15-7-5-10-19(16(15)2)24-13-12-23-18-9-4-3-8-17(18)22-21(23)20-11-6-14-25-20/h3-11,14H,12-13H2,1-2H3. The normalized spacial score (nSPS) is 11.1. The van der Waals surface area contributed by atoms with Crippen LogP contribution >= 0.6 is 11.3 Å². The molecule has 3 nitrogen and oxygen atoms in total. The summed E-state index contributed by atoms with van der Waals surface area (Å²) in [6.45, 7) is 5.60. The number of aromatic nitrogens is 2. The first-order chi connectivity index (χ1) is 12.2. The van der Waals surface area contributed by atoms with Crippen molar-refractivity contribution in [2.45, 2.75) is 20.4 Å². The van der Waals surface area contributed by atoms with Crippen LogP contribution in [0.3, 0.4) is 0 Å². The molecule has 4 aromatic rings. The molecule has 0 bridgehead atoms. The Balaban J connectivity index is 1.62. The molecule has 126 valence electrons. The highest BCUT2D eigenvalue weighted by Gasteiger charge is 2.13. The highest BCUT2D eigenvalue weighted by atomic mass is 32.1. The minimum atomic E-state index is 0.614. The van der Waals surface area contributed by atoms with E-state index >= 15 is 0 Å². The lowest BCUT2D eigenvalue weighted by molar-refractivity contribution is 0.299. The average Bonchev–Trinajstić information content (AvgIpc) is 3.26. The number of thiophene rings is 1. The predicted molar refractivity (Wildman–Crippen MR) is 104 cm³/mol. The zero-order valence-electron chi connectivity index (χ0n) is 14.4. The lowest BCUT2D eigenvalue weighted by Crippen LogP contribution is -2.10. The molecule has 0 radical (unpaired) electrons. The van der Waals surface area contributed by atoms with Gasteiger partial charge in [-0.1, -0.05) is 30.3 Å². The van der Waals surface area contributed by atoms with Gasteiger partial charge in [0.1, 0.15) is 12.4 Å². The van der Waals surface area contributed by atoms with Crippen molar-refractivity contribution in [1.82, 2.24) is 9.55 Å². The largest absolute Gasteiger partial charge is 0.491 e. The van der Waals surface area contributed by atoms with Crippen LogP contribution in [0, 0.1) is 13.8 Å². The first-order valence-corrected chi connectivity index (χ1v) is 9.30. The third kappa shape index (κ3) is 3.05. The van der Waals surface area contributed by atoms with Crippen LogP contribution in [0.15, 0.2) is 60.0 Å². The molecule has 0 spiro atoms. The molecule has 0 fully saturated rings. The van der Waals surface area contributed by atoms with Gasteiger partial charge in [0.25, 0.3) is 0 Å². The van der Waals surface area contributed by atoms with E-state index in [4.69, 9.17) is 9.72 Å². The van der Waals surface area contributed by atoms with Crippen molar-refractivity contribution in [1.29, 1.82) is 0 Å². The van der Waals surface area contributed by atoms with Gasteiger partial charge in [0.15, 0.2) is 5.82 Å². The average molecular weight is 348 g/mol. The van der Waals surface area contributed by atoms with Gasteiger partial charge >= 0.3 is 0 Å². The summed E-state index contributed by atoms with van der Waals surface area (Å²) < 4.78 is 8.32. The van der Waals surface area contributed by atoms with Gasteiger partial charge in [0, 0.05) is 0 Å². The number of aryl methyl sites for hydroxylation is 1. The highest BCUT2D eigenvalue weighted by molar-refractivity contribution is 7.13. The van der Waals surface area contributed by atoms with Crippen molar-refractivity contribution in [2.24, 2.45) is 0 Å². The molecule has 0 aliphatic rings. The van der Waals surface area contributed by atoms with Crippen LogP contribution in [0.4, 0.5) is 0 Å². The van der Waals surface area contributed by atoms with E-state index in [1.165, 1.54) is 16.0 Å². The Kier molecular flexibility index (Phi) is 4.28. The fourth-order valence-corrected chi connectivity index (χ4v) is 3.75. The van der Waals surface area contributed by atoms with Gasteiger partial charge in [-0.3, -0.25) is 0 Å². The van der Waals surface area contributed by atoms with Crippen LogP contribution in [-0.2, 0) is 6.54 Å². The Hall–Kier alpha value is -2.59. The van der Waals surface area contributed by atoms with Crippen LogP contribution in [0.25, 0.3) is 21.7 Å². The maximum atomic E-state index is 6.07. The molecule has 2 aromatic heterocycles. The molecule has 0 N–H and O–H groups in total. The van der Waals surface area contributed by atoms with Crippen LogP contribution in [0.2, 0.25) is 0 Å². The fraction of sp³-hybridized carbons (Fsp3) is 0.190. The molecule has 25 heavy (non-hydrogen) atoms. The molecule has 2 heterocycles. The minimum absolute atomic E-state index is 0.614. The van der Waals surface area contributed by atoms with E-state index in [-0.39, 0.29) is 0 Å². The summed E-state index contributed by atoms with van der Waals surface area (Å²) in [6, 6.07) is 18.7. The summed E-state index contributed by atoms with van der Waals surface area (Å²) in [5, 5.41) is 2.09. The van der Waals surface area contributed by atoms with Gasteiger partial charge < -0.3 is 9.30 Å².